The molecule has 186 valence electrons. The number of carbonyl (C=O) groups excluding carboxylic acids is 1. The Morgan fingerprint density at radius 2 is 1.97 bits per heavy atom. The molecule has 0 spiro atoms. The average Bonchev–Trinajstić information content (AvgIpc) is 3.13. The van der Waals surface area contributed by atoms with Crippen molar-refractivity contribution in [3.63, 3.8) is 0 Å². The number of rotatable bonds is 3. The average molecular weight is 512 g/mol. The monoisotopic (exact) mass is 512 g/mol. The lowest BCUT2D eigenvalue weighted by Crippen LogP contribution is -2.29. The lowest BCUT2D eigenvalue weighted by molar-refractivity contribution is -0.192. The molecule has 0 fully saturated rings. The first kappa shape index (κ1) is 25.9. The number of nitrogens with zero attached hydrogens (tertiary/aromatic N) is 4. The molecule has 2 aromatic heterocycles. The molecular weight excluding hydrogens is 492 g/mol. The Morgan fingerprint density at radius 3 is 2.60 bits per heavy atom. The molecule has 0 saturated carbocycles. The van der Waals surface area contributed by atoms with E-state index in [-0.39, 0.29) is 11.5 Å². The van der Waals surface area contributed by atoms with E-state index in [0.29, 0.717) is 28.5 Å². The van der Waals surface area contributed by atoms with Crippen LogP contribution in [-0.2, 0) is 10.3 Å². The summed E-state index contributed by atoms with van der Waals surface area (Å²) in [6.07, 6.45) is 0.537. The molecule has 1 aliphatic rings. The van der Waals surface area contributed by atoms with Crippen LogP contribution in [0.25, 0.3) is 5.65 Å². The quantitative estimate of drug-likeness (QED) is 0.455. The molecule has 0 unspecified atom stereocenters. The number of aryl methyl sites for hydroxylation is 1. The third-order valence-corrected chi connectivity index (χ3v) is 5.73. The number of benzene rings is 1. The first-order chi connectivity index (χ1) is 16.3. The molecule has 0 saturated heterocycles. The first-order valence-corrected chi connectivity index (χ1v) is 11.0. The van der Waals surface area contributed by atoms with Crippen molar-refractivity contribution in [2.75, 3.05) is 11.1 Å². The highest BCUT2D eigenvalue weighted by Gasteiger charge is 2.38. The number of imidazole rings is 1. The van der Waals surface area contributed by atoms with Crippen LogP contribution in [0.5, 0.6) is 0 Å². The van der Waals surface area contributed by atoms with E-state index in [4.69, 9.17) is 15.6 Å². The van der Waals surface area contributed by atoms with Crippen LogP contribution in [-0.4, -0.2) is 48.4 Å². The van der Waals surface area contributed by atoms with Crippen LogP contribution in [0.15, 0.2) is 41.8 Å². The largest absolute Gasteiger partial charge is 0.490 e. The number of carboxylic acid groups (broad SMARTS) is 1. The number of aromatic nitrogens is 3. The minimum atomic E-state index is -5.08. The molecule has 1 amide bonds. The van der Waals surface area contributed by atoms with Crippen LogP contribution in [0.3, 0.4) is 0 Å². The van der Waals surface area contributed by atoms with Crippen molar-refractivity contribution in [1.29, 1.82) is 0 Å². The molecule has 14 heteroatoms. The van der Waals surface area contributed by atoms with E-state index in [0.717, 1.165) is 11.4 Å². The minimum Gasteiger partial charge on any atom is -0.475 e. The van der Waals surface area contributed by atoms with Gasteiger partial charge >= 0.3 is 12.1 Å². The van der Waals surface area contributed by atoms with Gasteiger partial charge in [0.25, 0.3) is 5.91 Å². The lowest BCUT2D eigenvalue weighted by Gasteiger charge is -2.30. The van der Waals surface area contributed by atoms with Crippen LogP contribution in [0.4, 0.5) is 23.2 Å². The molecule has 1 aromatic carbocycles. The van der Waals surface area contributed by atoms with E-state index in [1.165, 1.54) is 30.1 Å². The van der Waals surface area contributed by atoms with Crippen molar-refractivity contribution >= 4 is 40.1 Å². The Morgan fingerprint density at radius 1 is 1.29 bits per heavy atom. The van der Waals surface area contributed by atoms with E-state index in [1.807, 2.05) is 20.0 Å². The number of thioether (sulfide) groups is 1. The number of halogens is 4. The minimum absolute atomic E-state index is 0.235. The molecule has 0 aliphatic carbocycles. The fourth-order valence-corrected chi connectivity index (χ4v) is 4.21. The number of carboxylic acids is 1. The normalized spacial score (nSPS) is 17.8. The topological polar surface area (TPSA) is 135 Å². The predicted octanol–water partition coefficient (Wildman–Crippen LogP) is 3.73. The summed E-state index contributed by atoms with van der Waals surface area (Å²) >= 11 is 1.46. The number of carbonyl (C=O) groups is 2. The number of aliphatic carboxylic acids is 1. The number of hydrogen-bond donors (Lipinski definition) is 3. The zero-order valence-electron chi connectivity index (χ0n) is 18.4. The van der Waals surface area contributed by atoms with Gasteiger partial charge in [-0.2, -0.15) is 13.2 Å². The molecule has 1 aliphatic heterocycles. The summed E-state index contributed by atoms with van der Waals surface area (Å²) in [4.78, 5) is 34.4. The van der Waals surface area contributed by atoms with Crippen LogP contribution < -0.4 is 11.1 Å². The number of anilines is 1. The number of nitrogens with one attached hydrogen (secondary N) is 1. The predicted molar refractivity (Wildman–Crippen MR) is 122 cm³/mol. The number of amidine groups is 1. The number of aliphatic imine (C=N–C) groups is 1. The van der Waals surface area contributed by atoms with Gasteiger partial charge in [0.15, 0.2) is 10.8 Å². The standard InChI is InChI=1S/C19H19FN6OS.C2HF3O2/c1-11-9-26-10-15(22-8-16(26)23-11)17(27)24-12-3-4-14(20)13(7-12)19(2)5-6-28-18(21)25-19;3-2(4,5)1(6)7/h3-4,7-10H,5-6H2,1-2H3,(H2,21,25)(H,24,27);(H,6,7)/t19-;/m0./s1. The highest BCUT2D eigenvalue weighted by atomic mass is 32.2. The number of alkyl halides is 3. The second-order valence-corrected chi connectivity index (χ2v) is 8.81. The molecule has 4 N–H and O–H groups in total. The van der Waals surface area contributed by atoms with Crippen molar-refractivity contribution < 1.29 is 32.3 Å². The maximum atomic E-state index is 14.5. The first-order valence-electron chi connectivity index (χ1n) is 9.99. The van der Waals surface area contributed by atoms with Gasteiger partial charge in [0, 0.05) is 29.4 Å². The van der Waals surface area contributed by atoms with Crippen LogP contribution in [0.2, 0.25) is 0 Å². The number of hydrogen-bond acceptors (Lipinski definition) is 7. The van der Waals surface area contributed by atoms with Gasteiger partial charge in [0.2, 0.25) is 0 Å². The number of amides is 1. The Bertz CT molecular complexity index is 1310. The van der Waals surface area contributed by atoms with E-state index in [1.54, 1.807) is 16.7 Å². The van der Waals surface area contributed by atoms with Gasteiger partial charge in [0.05, 0.1) is 17.4 Å². The molecular formula is C21H20F4N6O3S. The molecule has 0 bridgehead atoms. The second-order valence-electron chi connectivity index (χ2n) is 7.69. The molecule has 4 rings (SSSR count). The van der Waals surface area contributed by atoms with Gasteiger partial charge in [-0.1, -0.05) is 11.8 Å². The molecule has 0 radical (unpaired) electrons. The zero-order valence-corrected chi connectivity index (χ0v) is 19.2. The lowest BCUT2D eigenvalue weighted by atomic mass is 9.89. The summed E-state index contributed by atoms with van der Waals surface area (Å²) in [6, 6.07) is 4.46. The summed E-state index contributed by atoms with van der Waals surface area (Å²) in [5, 5.41) is 10.3. The molecule has 3 aromatic rings. The highest BCUT2D eigenvalue weighted by molar-refractivity contribution is 8.13. The van der Waals surface area contributed by atoms with Crippen LogP contribution in [0.1, 0.15) is 35.1 Å². The van der Waals surface area contributed by atoms with Crippen molar-refractivity contribution in [2.24, 2.45) is 10.7 Å². The summed E-state index contributed by atoms with van der Waals surface area (Å²) < 4.78 is 48.0. The van der Waals surface area contributed by atoms with E-state index >= 15 is 0 Å². The van der Waals surface area contributed by atoms with E-state index in [9.17, 15) is 22.4 Å². The second kappa shape index (κ2) is 9.90. The third-order valence-electron chi connectivity index (χ3n) is 4.94. The molecule has 9 nitrogen and oxygen atoms in total. The summed E-state index contributed by atoms with van der Waals surface area (Å²) in [5.74, 6) is -2.76. The Kier molecular flexibility index (Phi) is 7.33. The van der Waals surface area contributed by atoms with Crippen LogP contribution in [0, 0.1) is 12.7 Å². The fraction of sp³-hybridized carbons (Fsp3) is 0.286. The smallest absolute Gasteiger partial charge is 0.475 e. The van der Waals surface area contributed by atoms with Crippen molar-refractivity contribution in [2.45, 2.75) is 32.0 Å². The summed E-state index contributed by atoms with van der Waals surface area (Å²) in [7, 11) is 0. The third kappa shape index (κ3) is 6.26. The SMILES string of the molecule is Cc1cn2cc(C(=O)Nc3ccc(F)c([C@]4(C)CCSC(N)=N4)c3)ncc2n1.O=C(O)C(F)(F)F. The van der Waals surface area contributed by atoms with Gasteiger partial charge in [0.1, 0.15) is 11.5 Å². The number of nitrogens with two attached hydrogens (primary N) is 1. The molecule has 3 heterocycles. The van der Waals surface area contributed by atoms with Gasteiger partial charge in [-0.05, 0) is 38.5 Å². The molecule has 1 atom stereocenters. The Balaban J connectivity index is 0.000000429. The zero-order chi connectivity index (χ0) is 26.0. The van der Waals surface area contributed by atoms with Gasteiger partial charge in [-0.3, -0.25) is 9.79 Å². The van der Waals surface area contributed by atoms with E-state index in [2.05, 4.69) is 20.3 Å². The Labute approximate surface area is 200 Å². The van der Waals surface area contributed by atoms with Gasteiger partial charge < -0.3 is 20.6 Å². The van der Waals surface area contributed by atoms with Crippen molar-refractivity contribution in [1.82, 2.24) is 14.4 Å². The van der Waals surface area contributed by atoms with Crippen molar-refractivity contribution in [3.8, 4) is 0 Å². The van der Waals surface area contributed by atoms with Crippen LogP contribution >= 0.6 is 11.8 Å². The number of fused-ring (bicyclic) bond motifs is 1. The molecule has 35 heavy (non-hydrogen) atoms. The summed E-state index contributed by atoms with van der Waals surface area (Å²) in [6.45, 7) is 3.72. The maximum absolute atomic E-state index is 14.5. The highest BCUT2D eigenvalue weighted by Crippen LogP contribution is 2.37. The van der Waals surface area contributed by atoms with E-state index < -0.39 is 23.6 Å². The van der Waals surface area contributed by atoms with Gasteiger partial charge in [-0.25, -0.2) is 19.2 Å². The summed E-state index contributed by atoms with van der Waals surface area (Å²) in [5.41, 5.74) is 7.69. The fourth-order valence-electron chi connectivity index (χ4n) is 3.23. The van der Waals surface area contributed by atoms with Crippen molar-refractivity contribution in [3.05, 3.63) is 59.6 Å². The Hall–Kier alpha value is -3.68. The maximum Gasteiger partial charge on any atom is 0.490 e. The van der Waals surface area contributed by atoms with Gasteiger partial charge in [-0.15, -0.1) is 0 Å².